The molecule has 2 aromatic heterocycles. The van der Waals surface area contributed by atoms with Gasteiger partial charge in [0.2, 0.25) is 21.5 Å². The van der Waals surface area contributed by atoms with Crippen molar-refractivity contribution in [3.05, 3.63) is 31.0 Å². The molecule has 27 heavy (non-hydrogen) atoms. The van der Waals surface area contributed by atoms with Crippen LogP contribution in [-0.4, -0.2) is 35.9 Å². The fourth-order valence-electron chi connectivity index (χ4n) is 1.02. The quantitative estimate of drug-likeness (QED) is 0.146. The van der Waals surface area contributed by atoms with Gasteiger partial charge in [-0.05, 0) is 23.2 Å². The summed E-state index contributed by atoms with van der Waals surface area (Å²) in [6.45, 7) is 1.08. The molecular formula is C10H10Cl4FeN8O4. The molecule has 0 aliphatic heterocycles. The van der Waals surface area contributed by atoms with Crippen LogP contribution < -0.4 is 17.2 Å². The number of hydrogen-bond acceptors (Lipinski definition) is 10. The van der Waals surface area contributed by atoms with Crippen LogP contribution in [0.1, 0.15) is 6.92 Å². The number of hydrogen-bond donors (Lipinski definition) is 4. The molecule has 0 aliphatic carbocycles. The third-order valence-electron chi connectivity index (χ3n) is 1.93. The minimum absolute atomic E-state index is 0. The van der Waals surface area contributed by atoms with Gasteiger partial charge in [0, 0.05) is 24.0 Å². The third-order valence-corrected chi connectivity index (χ3v) is 2.81. The van der Waals surface area contributed by atoms with E-state index in [2.05, 4.69) is 19.9 Å². The van der Waals surface area contributed by atoms with Crippen LogP contribution in [0.25, 0.3) is 0 Å². The van der Waals surface area contributed by atoms with E-state index in [0.717, 1.165) is 6.92 Å². The molecule has 0 spiro atoms. The van der Waals surface area contributed by atoms with Crippen LogP contribution >= 0.6 is 46.4 Å². The maximum absolute atomic E-state index is 10.3. The molecule has 0 bridgehead atoms. The van der Waals surface area contributed by atoms with E-state index in [0.29, 0.717) is 0 Å². The summed E-state index contributed by atoms with van der Waals surface area (Å²) in [7, 11) is 0. The van der Waals surface area contributed by atoms with Gasteiger partial charge in [-0.15, -0.1) is 0 Å². The van der Waals surface area contributed by atoms with Crippen LogP contribution in [0.15, 0.2) is 0 Å². The number of nitrogen functional groups attached to an aromatic ring is 3. The van der Waals surface area contributed by atoms with Crippen molar-refractivity contribution in [1.82, 2.24) is 19.9 Å². The van der Waals surface area contributed by atoms with Crippen LogP contribution in [0.2, 0.25) is 20.9 Å². The van der Waals surface area contributed by atoms with Gasteiger partial charge < -0.3 is 22.3 Å². The average molecular weight is 504 g/mol. The van der Waals surface area contributed by atoms with E-state index in [9.17, 15) is 10.1 Å². The summed E-state index contributed by atoms with van der Waals surface area (Å²) in [4.78, 5) is 32.3. The van der Waals surface area contributed by atoms with E-state index in [1.54, 1.807) is 0 Å². The number of halogens is 4. The molecule has 0 saturated carbocycles. The summed E-state index contributed by atoms with van der Waals surface area (Å²) < 4.78 is 0. The summed E-state index contributed by atoms with van der Waals surface area (Å²) in [5, 5.41) is 17.2. The predicted octanol–water partition coefficient (Wildman–Crippen LogP) is 2.31. The van der Waals surface area contributed by atoms with Crippen molar-refractivity contribution in [3.63, 3.8) is 0 Å². The van der Waals surface area contributed by atoms with Gasteiger partial charge in [-0.2, -0.15) is 15.0 Å². The van der Waals surface area contributed by atoms with E-state index in [-0.39, 0.29) is 55.3 Å². The molecule has 2 rings (SSSR count). The first-order chi connectivity index (χ1) is 11.9. The Balaban J connectivity index is 0. The molecule has 150 valence electrons. The van der Waals surface area contributed by atoms with E-state index >= 15 is 0 Å². The predicted molar refractivity (Wildman–Crippen MR) is 97.3 cm³/mol. The number of carbonyl (C=O) groups is 1. The Bertz CT molecular complexity index is 778. The summed E-state index contributed by atoms with van der Waals surface area (Å²) in [5.41, 5.74) is 15.4. The second kappa shape index (κ2) is 12.5. The first-order valence-electron chi connectivity index (χ1n) is 5.93. The molecule has 2 aromatic rings. The van der Waals surface area contributed by atoms with E-state index in [1.165, 1.54) is 0 Å². The Kier molecular flexibility index (Phi) is 12.6. The summed E-state index contributed by atoms with van der Waals surface area (Å²) in [6.07, 6.45) is 0. The molecule has 17 heteroatoms. The Morgan fingerprint density at radius 1 is 0.963 bits per heavy atom. The number of anilines is 3. The first kappa shape index (κ1) is 27.3. The van der Waals surface area contributed by atoms with Crippen molar-refractivity contribution in [2.75, 3.05) is 17.2 Å². The van der Waals surface area contributed by atoms with Gasteiger partial charge >= 0.3 is 5.69 Å². The molecule has 0 aliphatic rings. The minimum Gasteiger partial charge on any atom is -0.481 e. The van der Waals surface area contributed by atoms with E-state index < -0.39 is 16.6 Å². The van der Waals surface area contributed by atoms with Crippen molar-refractivity contribution in [2.24, 2.45) is 0 Å². The van der Waals surface area contributed by atoms with E-state index in [4.69, 9.17) is 73.5 Å². The number of carboxylic acids is 1. The van der Waals surface area contributed by atoms with Crippen molar-refractivity contribution in [2.45, 2.75) is 6.92 Å². The van der Waals surface area contributed by atoms with Gasteiger partial charge in [-0.25, -0.2) is 4.98 Å². The Morgan fingerprint density at radius 3 is 1.67 bits per heavy atom. The number of aromatic nitrogens is 4. The number of nitro groups is 1. The average Bonchev–Trinajstić information content (AvgIpc) is 2.43. The van der Waals surface area contributed by atoms with Crippen LogP contribution in [-0.2, 0) is 21.9 Å². The molecule has 0 radical (unpaired) electrons. The monoisotopic (exact) mass is 502 g/mol. The van der Waals surface area contributed by atoms with Gasteiger partial charge in [-0.1, -0.05) is 23.2 Å². The third kappa shape index (κ3) is 10.1. The Morgan fingerprint density at radius 2 is 1.33 bits per heavy atom. The molecule has 0 aromatic carbocycles. The molecule has 0 atom stereocenters. The van der Waals surface area contributed by atoms with Gasteiger partial charge in [0.15, 0.2) is 11.0 Å². The summed E-state index contributed by atoms with van der Waals surface area (Å²) in [5.74, 6) is -1.07. The largest absolute Gasteiger partial charge is 0.481 e. The fraction of sp³-hybridized carbons (Fsp3) is 0.100. The summed E-state index contributed by atoms with van der Waals surface area (Å²) in [6, 6.07) is 0. The van der Waals surface area contributed by atoms with Crippen LogP contribution in [0.3, 0.4) is 0 Å². The molecule has 7 N–H and O–H groups in total. The van der Waals surface area contributed by atoms with E-state index in [1.807, 2.05) is 0 Å². The zero-order valence-corrected chi connectivity index (χ0v) is 17.1. The van der Waals surface area contributed by atoms with Crippen LogP contribution in [0, 0.1) is 10.1 Å². The van der Waals surface area contributed by atoms with Crippen molar-refractivity contribution in [1.29, 1.82) is 0 Å². The standard InChI is InChI=1S/C4H2Cl2N4O2.C4H4Cl2N4.C2H4O2.Fe/c5-2-1(10(11)12)3(7)9-4(6)8-2;5-2-1(7)3(8)10-4(6)9-2;1-2(3)4;/h(H2,7,8,9);7H2,(H2,8,9,10);1H3,(H,3,4);. The Labute approximate surface area is 182 Å². The van der Waals surface area contributed by atoms with Crippen molar-refractivity contribution in [3.8, 4) is 0 Å². The molecule has 2 heterocycles. The smallest absolute Gasteiger partial charge is 0.348 e. The summed E-state index contributed by atoms with van der Waals surface area (Å²) >= 11 is 21.5. The van der Waals surface area contributed by atoms with Crippen molar-refractivity contribution < 1.29 is 31.9 Å². The van der Waals surface area contributed by atoms with Gasteiger partial charge in [0.05, 0.1) is 4.92 Å². The van der Waals surface area contributed by atoms with Crippen LogP contribution in [0.4, 0.5) is 23.0 Å². The van der Waals surface area contributed by atoms with Gasteiger partial charge in [0.25, 0.3) is 5.97 Å². The molecule has 0 saturated heterocycles. The number of aliphatic carboxylic acids is 1. The maximum Gasteiger partial charge on any atom is 0.348 e. The molecule has 0 fully saturated rings. The number of nitrogens with zero attached hydrogens (tertiary/aromatic N) is 5. The van der Waals surface area contributed by atoms with Gasteiger partial charge in [-0.3, -0.25) is 14.9 Å². The number of carboxylic acid groups (broad SMARTS) is 1. The Hall–Kier alpha value is -1.89. The SMILES string of the molecule is CC(=O)O.Nc1nc(Cl)nc(Cl)c1N.Nc1nc(Cl)nc(Cl)c1[N+](=O)[O-].[Fe]. The minimum atomic E-state index is -0.833. The molecule has 0 unspecified atom stereocenters. The zero-order chi connectivity index (χ0) is 20.6. The maximum atomic E-state index is 10.3. The molecular weight excluding hydrogens is 494 g/mol. The molecule has 12 nitrogen and oxygen atoms in total. The first-order valence-corrected chi connectivity index (χ1v) is 7.44. The topological polar surface area (TPSA) is 210 Å². The van der Waals surface area contributed by atoms with Gasteiger partial charge in [0.1, 0.15) is 5.69 Å². The van der Waals surface area contributed by atoms with Crippen LogP contribution in [0.5, 0.6) is 0 Å². The molecule has 0 amide bonds. The van der Waals surface area contributed by atoms with Crippen molar-refractivity contribution >= 4 is 75.4 Å². The second-order valence-corrected chi connectivity index (χ2v) is 5.27. The number of rotatable bonds is 1. The fourth-order valence-corrected chi connectivity index (χ4v) is 1.88. The second-order valence-electron chi connectivity index (χ2n) is 3.88. The zero-order valence-electron chi connectivity index (χ0n) is 13.0. The normalized spacial score (nSPS) is 8.93. The number of nitrogens with two attached hydrogens (primary N) is 3.